The maximum absolute atomic E-state index is 10.3. The van der Waals surface area contributed by atoms with Crippen LogP contribution >= 0.6 is 0 Å². The molecule has 0 saturated heterocycles. The van der Waals surface area contributed by atoms with Gasteiger partial charge in [0.1, 0.15) is 0 Å². The van der Waals surface area contributed by atoms with Crippen LogP contribution in [0.3, 0.4) is 0 Å². The van der Waals surface area contributed by atoms with Crippen molar-refractivity contribution in [3.05, 3.63) is 29.8 Å². The molecular formula is C8H8N3O. The van der Waals surface area contributed by atoms with Crippen LogP contribution < -0.4 is 11.1 Å². The van der Waals surface area contributed by atoms with Crippen molar-refractivity contribution in [3.8, 4) is 0 Å². The van der Waals surface area contributed by atoms with Crippen LogP contribution in [0.4, 0.5) is 5.69 Å². The van der Waals surface area contributed by atoms with E-state index in [1.807, 2.05) is 0 Å². The van der Waals surface area contributed by atoms with Gasteiger partial charge in [0.05, 0.1) is 5.69 Å². The predicted octanol–water partition coefficient (Wildman–Crippen LogP) is 0.450. The van der Waals surface area contributed by atoms with Crippen molar-refractivity contribution in [1.29, 1.82) is 5.41 Å². The molecule has 0 aliphatic heterocycles. The number of rotatable bonds is 2. The van der Waals surface area contributed by atoms with Crippen LogP contribution in [-0.4, -0.2) is 12.2 Å². The first-order valence-electron chi connectivity index (χ1n) is 3.32. The van der Waals surface area contributed by atoms with Crippen LogP contribution in [0, 0.1) is 5.41 Å². The van der Waals surface area contributed by atoms with E-state index < -0.39 is 0 Å². The second-order valence-corrected chi connectivity index (χ2v) is 2.19. The number of hydrogen-bond acceptors (Lipinski definition) is 2. The third-order valence-electron chi connectivity index (χ3n) is 1.31. The molecule has 0 spiro atoms. The highest BCUT2D eigenvalue weighted by molar-refractivity contribution is 5.95. The molecule has 4 N–H and O–H groups in total. The molecule has 0 aliphatic carbocycles. The van der Waals surface area contributed by atoms with Crippen molar-refractivity contribution >= 4 is 17.9 Å². The molecule has 4 nitrogen and oxygen atoms in total. The summed E-state index contributed by atoms with van der Waals surface area (Å²) in [6.07, 6.45) is 1.74. The number of nitrogens with two attached hydrogens (primary N) is 1. The topological polar surface area (TPSA) is 79.0 Å². The average Bonchev–Trinajstić information content (AvgIpc) is 2.04. The fourth-order valence-electron chi connectivity index (χ4n) is 0.826. The second-order valence-electron chi connectivity index (χ2n) is 2.19. The molecule has 0 fully saturated rings. The third-order valence-corrected chi connectivity index (χ3v) is 1.31. The van der Waals surface area contributed by atoms with Gasteiger partial charge in [0.15, 0.2) is 5.96 Å². The lowest BCUT2D eigenvalue weighted by Crippen LogP contribution is -2.21. The molecule has 1 aromatic rings. The number of para-hydroxylation sites is 1. The van der Waals surface area contributed by atoms with E-state index in [-0.39, 0.29) is 5.96 Å². The highest BCUT2D eigenvalue weighted by Crippen LogP contribution is 2.11. The lowest BCUT2D eigenvalue weighted by atomic mass is 10.2. The predicted molar refractivity (Wildman–Crippen MR) is 46.8 cm³/mol. The second kappa shape index (κ2) is 3.52. The Balaban J connectivity index is 2.96. The molecule has 1 radical (unpaired) electrons. The Morgan fingerprint density at radius 3 is 2.75 bits per heavy atom. The molecule has 0 aliphatic rings. The van der Waals surface area contributed by atoms with E-state index in [9.17, 15) is 4.79 Å². The van der Waals surface area contributed by atoms with Gasteiger partial charge in [0.25, 0.3) is 0 Å². The van der Waals surface area contributed by atoms with E-state index in [0.29, 0.717) is 11.3 Å². The highest BCUT2D eigenvalue weighted by Gasteiger charge is 1.99. The summed E-state index contributed by atoms with van der Waals surface area (Å²) < 4.78 is 0. The highest BCUT2D eigenvalue weighted by atomic mass is 16.1. The van der Waals surface area contributed by atoms with Crippen LogP contribution in [0.15, 0.2) is 24.3 Å². The zero-order valence-corrected chi connectivity index (χ0v) is 6.29. The summed E-state index contributed by atoms with van der Waals surface area (Å²) in [5.74, 6) is -0.197. The fourth-order valence-corrected chi connectivity index (χ4v) is 0.826. The lowest BCUT2D eigenvalue weighted by Gasteiger charge is -2.04. The fraction of sp³-hybridized carbons (Fsp3) is 0. The standard InChI is InChI=1S/C8H8N3O/c9-8(10)11-7-4-2-1-3-6(7)5-12/h1-4H,(H4,9,10,11). The Hall–Kier alpha value is -1.84. The number of anilines is 1. The van der Waals surface area contributed by atoms with Gasteiger partial charge in [0, 0.05) is 5.56 Å². The van der Waals surface area contributed by atoms with E-state index in [1.54, 1.807) is 30.6 Å². The quantitative estimate of drug-likeness (QED) is 0.436. The van der Waals surface area contributed by atoms with E-state index >= 15 is 0 Å². The largest absolute Gasteiger partial charge is 0.370 e. The minimum Gasteiger partial charge on any atom is -0.370 e. The first kappa shape index (κ1) is 8.26. The maximum atomic E-state index is 10.3. The van der Waals surface area contributed by atoms with Gasteiger partial charge in [-0.2, -0.15) is 0 Å². The molecular weight excluding hydrogens is 154 g/mol. The summed E-state index contributed by atoms with van der Waals surface area (Å²) in [5.41, 5.74) is 5.96. The summed E-state index contributed by atoms with van der Waals surface area (Å²) in [4.78, 5) is 10.3. The Bertz CT molecular complexity index is 309. The molecule has 1 rings (SSSR count). The molecule has 4 heteroatoms. The van der Waals surface area contributed by atoms with Crippen molar-refractivity contribution in [2.24, 2.45) is 5.73 Å². The number of nitrogens with one attached hydrogen (secondary N) is 2. The molecule has 0 unspecified atom stereocenters. The van der Waals surface area contributed by atoms with E-state index in [1.165, 1.54) is 0 Å². The Morgan fingerprint density at radius 1 is 1.50 bits per heavy atom. The third kappa shape index (κ3) is 1.82. The van der Waals surface area contributed by atoms with Crippen LogP contribution in [0.1, 0.15) is 5.56 Å². The SMILES string of the molecule is N=C(N)Nc1ccccc1[C]=O. The number of guanidine groups is 1. The summed E-state index contributed by atoms with van der Waals surface area (Å²) in [5, 5.41) is 9.46. The van der Waals surface area contributed by atoms with Gasteiger partial charge in [-0.05, 0) is 12.1 Å². The van der Waals surface area contributed by atoms with Gasteiger partial charge in [0.2, 0.25) is 6.29 Å². The molecule has 1 aromatic carbocycles. The van der Waals surface area contributed by atoms with Crippen LogP contribution in [-0.2, 0) is 4.79 Å². The zero-order chi connectivity index (χ0) is 8.97. The molecule has 61 valence electrons. The minimum absolute atomic E-state index is 0.197. The number of hydrogen-bond donors (Lipinski definition) is 3. The maximum Gasteiger partial charge on any atom is 0.235 e. The lowest BCUT2D eigenvalue weighted by molar-refractivity contribution is 0.563. The monoisotopic (exact) mass is 162 g/mol. The van der Waals surface area contributed by atoms with E-state index in [0.717, 1.165) is 0 Å². The van der Waals surface area contributed by atoms with Gasteiger partial charge in [-0.1, -0.05) is 12.1 Å². The summed E-state index contributed by atoms with van der Waals surface area (Å²) in [6.45, 7) is 0. The van der Waals surface area contributed by atoms with Gasteiger partial charge in [-0.25, -0.2) is 0 Å². The molecule has 0 amide bonds. The van der Waals surface area contributed by atoms with Crippen molar-refractivity contribution < 1.29 is 4.79 Å². The molecule has 0 heterocycles. The van der Waals surface area contributed by atoms with Crippen LogP contribution in [0.5, 0.6) is 0 Å². The molecule has 0 saturated carbocycles. The van der Waals surface area contributed by atoms with Crippen molar-refractivity contribution in [3.63, 3.8) is 0 Å². The Morgan fingerprint density at radius 2 is 2.17 bits per heavy atom. The number of carbonyl (C=O) groups excluding carboxylic acids is 1. The van der Waals surface area contributed by atoms with E-state index in [2.05, 4.69) is 5.32 Å². The summed E-state index contributed by atoms with van der Waals surface area (Å²) in [6, 6.07) is 6.71. The van der Waals surface area contributed by atoms with Gasteiger partial charge in [-0.3, -0.25) is 10.2 Å². The molecule has 0 atom stereocenters. The Labute approximate surface area is 69.9 Å². The van der Waals surface area contributed by atoms with Gasteiger partial charge in [-0.15, -0.1) is 0 Å². The van der Waals surface area contributed by atoms with E-state index in [4.69, 9.17) is 11.1 Å². The normalized spacial score (nSPS) is 9.00. The molecule has 0 aromatic heterocycles. The smallest absolute Gasteiger partial charge is 0.235 e. The van der Waals surface area contributed by atoms with Crippen LogP contribution in [0.25, 0.3) is 0 Å². The summed E-state index contributed by atoms with van der Waals surface area (Å²) in [7, 11) is 0. The van der Waals surface area contributed by atoms with Gasteiger partial charge >= 0.3 is 0 Å². The zero-order valence-electron chi connectivity index (χ0n) is 6.29. The first-order valence-corrected chi connectivity index (χ1v) is 3.32. The van der Waals surface area contributed by atoms with Crippen molar-refractivity contribution in [2.45, 2.75) is 0 Å². The Kier molecular flexibility index (Phi) is 2.42. The van der Waals surface area contributed by atoms with Gasteiger partial charge < -0.3 is 11.1 Å². The number of benzene rings is 1. The molecule has 0 bridgehead atoms. The van der Waals surface area contributed by atoms with Crippen molar-refractivity contribution in [1.82, 2.24) is 0 Å². The average molecular weight is 162 g/mol. The van der Waals surface area contributed by atoms with Crippen LogP contribution in [0.2, 0.25) is 0 Å². The molecule has 12 heavy (non-hydrogen) atoms. The van der Waals surface area contributed by atoms with Crippen molar-refractivity contribution in [2.75, 3.05) is 5.32 Å². The summed E-state index contributed by atoms with van der Waals surface area (Å²) >= 11 is 0. The minimum atomic E-state index is -0.197. The first-order chi connectivity index (χ1) is 5.74.